The predicted molar refractivity (Wildman–Crippen MR) is 114 cm³/mol. The van der Waals surface area contributed by atoms with Crippen molar-refractivity contribution in [3.05, 3.63) is 46.0 Å². The van der Waals surface area contributed by atoms with Crippen molar-refractivity contribution in [3.63, 3.8) is 0 Å². The van der Waals surface area contributed by atoms with Gasteiger partial charge in [-0.25, -0.2) is 0 Å². The van der Waals surface area contributed by atoms with E-state index in [1.807, 2.05) is 0 Å². The molecule has 5 rings (SSSR count). The summed E-state index contributed by atoms with van der Waals surface area (Å²) in [6.07, 6.45) is 11.1. The van der Waals surface area contributed by atoms with Crippen molar-refractivity contribution in [1.82, 2.24) is 0 Å². The van der Waals surface area contributed by atoms with Crippen molar-refractivity contribution < 1.29 is 14.9 Å². The average Bonchev–Trinajstić information content (AvgIpc) is 3.06. The summed E-state index contributed by atoms with van der Waals surface area (Å²) in [4.78, 5) is 15.9. The molecule has 1 N–H and O–H groups in total. The van der Waals surface area contributed by atoms with Gasteiger partial charge in [-0.3, -0.25) is 10.1 Å². The Balaban J connectivity index is 1.28. The van der Waals surface area contributed by atoms with Crippen molar-refractivity contribution in [1.29, 1.82) is 0 Å². The Morgan fingerprint density at radius 3 is 2.67 bits per heavy atom. The van der Waals surface area contributed by atoms with Crippen LogP contribution in [-0.4, -0.2) is 21.8 Å². The Labute approximate surface area is 177 Å². The molecule has 0 bridgehead atoms. The smallest absolute Gasteiger partial charge is 0.269 e. The molecule has 0 saturated heterocycles. The normalized spacial score (nSPS) is 38.9. The zero-order valence-electron chi connectivity index (χ0n) is 17.5. The summed E-state index contributed by atoms with van der Waals surface area (Å²) in [6, 6.07) is 6.04. The third-order valence-electron chi connectivity index (χ3n) is 8.58. The SMILES string of the molecule is C[C@]12CC[C@H]3[C@@H](CCC4=C/C(=N\Oc5ccc([N+](=O)[O-])cc5)CC[C@@H]43)[C@@H]1CC[C@@H]2O. The van der Waals surface area contributed by atoms with Crippen LogP contribution < -0.4 is 4.84 Å². The Bertz CT molecular complexity index is 893. The molecule has 0 aliphatic heterocycles. The van der Waals surface area contributed by atoms with Gasteiger partial charge in [0.2, 0.25) is 0 Å². The molecule has 0 aromatic heterocycles. The molecule has 1 aromatic rings. The first-order chi connectivity index (χ1) is 14.5. The van der Waals surface area contributed by atoms with E-state index >= 15 is 0 Å². The number of benzene rings is 1. The minimum absolute atomic E-state index is 0.0488. The van der Waals surface area contributed by atoms with E-state index in [0.717, 1.165) is 49.7 Å². The van der Waals surface area contributed by atoms with Gasteiger partial charge in [-0.15, -0.1) is 0 Å². The monoisotopic (exact) mass is 410 g/mol. The highest BCUT2D eigenvalue weighted by Crippen LogP contribution is 2.61. The highest BCUT2D eigenvalue weighted by molar-refractivity contribution is 5.96. The van der Waals surface area contributed by atoms with E-state index in [4.69, 9.17) is 4.84 Å². The minimum Gasteiger partial charge on any atom is -0.393 e. The highest BCUT2D eigenvalue weighted by Gasteiger charge is 2.55. The van der Waals surface area contributed by atoms with Gasteiger partial charge in [0.05, 0.1) is 16.7 Å². The summed E-state index contributed by atoms with van der Waals surface area (Å²) in [5.74, 6) is 3.38. The molecule has 0 unspecified atom stereocenters. The first kappa shape index (κ1) is 19.7. The van der Waals surface area contributed by atoms with Gasteiger partial charge in [-0.05, 0) is 98.7 Å². The third-order valence-corrected chi connectivity index (χ3v) is 8.58. The van der Waals surface area contributed by atoms with Crippen LogP contribution in [0.4, 0.5) is 5.69 Å². The molecule has 1 aromatic carbocycles. The lowest BCUT2D eigenvalue weighted by atomic mass is 9.52. The van der Waals surface area contributed by atoms with Gasteiger partial charge < -0.3 is 9.94 Å². The van der Waals surface area contributed by atoms with Crippen LogP contribution >= 0.6 is 0 Å². The molecule has 0 radical (unpaired) electrons. The Hall–Kier alpha value is -2.21. The van der Waals surface area contributed by atoms with Crippen molar-refractivity contribution >= 4 is 11.4 Å². The quantitative estimate of drug-likeness (QED) is 0.544. The standard InChI is InChI=1S/C24H30N2O4/c1-24-13-12-20-19-9-3-16(25-30-18-6-4-17(5-7-18)26(28)29)14-15(19)2-8-21(20)22(24)10-11-23(24)27/h4-7,14,19-23,27H,2-3,8-13H2,1H3/b25-16-/t19-,20+,21+,22-,23-,24-/m0/s1. The molecular weight excluding hydrogens is 380 g/mol. The van der Waals surface area contributed by atoms with Crippen LogP contribution in [0.2, 0.25) is 0 Å². The molecule has 0 spiro atoms. The van der Waals surface area contributed by atoms with Crippen LogP contribution in [-0.2, 0) is 0 Å². The number of nitrogens with zero attached hydrogens (tertiary/aromatic N) is 2. The number of hydrogen-bond donors (Lipinski definition) is 1. The topological polar surface area (TPSA) is 85.0 Å². The molecule has 4 aliphatic rings. The summed E-state index contributed by atoms with van der Waals surface area (Å²) in [7, 11) is 0. The van der Waals surface area contributed by atoms with E-state index in [2.05, 4.69) is 18.2 Å². The van der Waals surface area contributed by atoms with E-state index in [1.165, 1.54) is 37.0 Å². The lowest BCUT2D eigenvalue weighted by Crippen LogP contribution is -2.47. The van der Waals surface area contributed by atoms with Crippen LogP contribution in [0.5, 0.6) is 5.75 Å². The summed E-state index contributed by atoms with van der Waals surface area (Å²) in [5, 5.41) is 25.7. The number of aliphatic hydroxyl groups excluding tert-OH is 1. The van der Waals surface area contributed by atoms with Crippen LogP contribution in [0, 0.1) is 39.2 Å². The van der Waals surface area contributed by atoms with Crippen molar-refractivity contribution in [2.45, 2.75) is 64.4 Å². The maximum atomic E-state index is 10.8. The second kappa shape index (κ2) is 7.49. The molecule has 6 atom stereocenters. The fraction of sp³-hybridized carbons (Fsp3) is 0.625. The predicted octanol–water partition coefficient (Wildman–Crippen LogP) is 5.26. The van der Waals surface area contributed by atoms with Crippen molar-refractivity contribution in [3.8, 4) is 5.75 Å². The number of hydrogen-bond acceptors (Lipinski definition) is 5. The molecule has 3 fully saturated rings. The highest BCUT2D eigenvalue weighted by atomic mass is 16.6. The van der Waals surface area contributed by atoms with Gasteiger partial charge in [0.15, 0.2) is 5.75 Å². The Kier molecular flexibility index (Phi) is 4.92. The number of nitro benzene ring substituents is 1. The number of fused-ring (bicyclic) bond motifs is 5. The van der Waals surface area contributed by atoms with E-state index in [-0.39, 0.29) is 17.2 Å². The Morgan fingerprint density at radius 1 is 1.10 bits per heavy atom. The summed E-state index contributed by atoms with van der Waals surface area (Å²) in [6.45, 7) is 2.33. The number of allylic oxidation sites excluding steroid dienone is 2. The number of oxime groups is 1. The van der Waals surface area contributed by atoms with E-state index < -0.39 is 4.92 Å². The largest absolute Gasteiger partial charge is 0.393 e. The van der Waals surface area contributed by atoms with Crippen LogP contribution in [0.3, 0.4) is 0 Å². The summed E-state index contributed by atoms with van der Waals surface area (Å²) in [5.41, 5.74) is 2.68. The van der Waals surface area contributed by atoms with E-state index in [9.17, 15) is 15.2 Å². The number of rotatable bonds is 3. The maximum absolute atomic E-state index is 10.8. The molecule has 4 aliphatic carbocycles. The van der Waals surface area contributed by atoms with Gasteiger partial charge in [0.1, 0.15) is 0 Å². The fourth-order valence-electron chi connectivity index (χ4n) is 6.98. The van der Waals surface area contributed by atoms with Gasteiger partial charge in [-0.2, -0.15) is 0 Å². The zero-order chi connectivity index (χ0) is 20.9. The third kappa shape index (κ3) is 3.25. The number of nitro groups is 1. The van der Waals surface area contributed by atoms with Crippen LogP contribution in [0.25, 0.3) is 0 Å². The second-order valence-electron chi connectivity index (χ2n) is 9.90. The number of aliphatic hydroxyl groups is 1. The van der Waals surface area contributed by atoms with Crippen molar-refractivity contribution in [2.75, 3.05) is 0 Å². The molecule has 0 amide bonds. The summed E-state index contributed by atoms with van der Waals surface area (Å²) >= 11 is 0. The van der Waals surface area contributed by atoms with Crippen LogP contribution in [0.15, 0.2) is 41.1 Å². The minimum atomic E-state index is -0.419. The lowest BCUT2D eigenvalue weighted by Gasteiger charge is -2.53. The van der Waals surface area contributed by atoms with Gasteiger partial charge >= 0.3 is 0 Å². The van der Waals surface area contributed by atoms with Crippen molar-refractivity contribution in [2.24, 2.45) is 34.2 Å². The average molecular weight is 411 g/mol. The molecule has 160 valence electrons. The van der Waals surface area contributed by atoms with Gasteiger partial charge in [0.25, 0.3) is 5.69 Å². The molecule has 3 saturated carbocycles. The fourth-order valence-corrected chi connectivity index (χ4v) is 6.98. The van der Waals surface area contributed by atoms with Gasteiger partial charge in [-0.1, -0.05) is 17.7 Å². The Morgan fingerprint density at radius 2 is 1.90 bits per heavy atom. The second-order valence-corrected chi connectivity index (χ2v) is 9.90. The molecule has 0 heterocycles. The van der Waals surface area contributed by atoms with Crippen LogP contribution in [0.1, 0.15) is 58.3 Å². The zero-order valence-corrected chi connectivity index (χ0v) is 17.5. The lowest BCUT2D eigenvalue weighted by molar-refractivity contribution is -0.384. The maximum Gasteiger partial charge on any atom is 0.269 e. The molecule has 30 heavy (non-hydrogen) atoms. The first-order valence-corrected chi connectivity index (χ1v) is 11.3. The first-order valence-electron chi connectivity index (χ1n) is 11.3. The number of non-ortho nitro benzene ring substituents is 1. The van der Waals surface area contributed by atoms with E-state index in [1.54, 1.807) is 12.1 Å². The van der Waals surface area contributed by atoms with Gasteiger partial charge in [0, 0.05) is 12.1 Å². The molecule has 6 nitrogen and oxygen atoms in total. The van der Waals surface area contributed by atoms with E-state index in [0.29, 0.717) is 17.6 Å². The molecule has 6 heteroatoms. The summed E-state index contributed by atoms with van der Waals surface area (Å²) < 4.78 is 0. The molecular formula is C24H30N2O4.